The van der Waals surface area contributed by atoms with E-state index in [1.54, 1.807) is 26.4 Å². The molecule has 0 aromatic heterocycles. The van der Waals surface area contributed by atoms with Gasteiger partial charge in [-0.15, -0.1) is 0 Å². The Morgan fingerprint density at radius 3 is 2.22 bits per heavy atom. The maximum atomic E-state index is 9.45. The molecule has 3 rings (SSSR count). The topological polar surface area (TPSA) is 61.1 Å². The summed E-state index contributed by atoms with van der Waals surface area (Å²) in [5, 5.41) is 9.45. The lowest BCUT2D eigenvalue weighted by molar-refractivity contribution is 0.355. The number of ether oxygens (including phenoxy) is 2. The number of piperazine rings is 1. The van der Waals surface area contributed by atoms with E-state index in [1.165, 1.54) is 5.69 Å². The lowest BCUT2D eigenvalue weighted by atomic mass is 10.1. The van der Waals surface area contributed by atoms with E-state index < -0.39 is 0 Å². The number of amidine groups is 1. The van der Waals surface area contributed by atoms with Gasteiger partial charge in [-0.05, 0) is 19.1 Å². The highest BCUT2D eigenvalue weighted by atomic mass is 16.5. The summed E-state index contributed by atoms with van der Waals surface area (Å²) in [5.41, 5.74) is 2.31. The molecule has 2 aromatic carbocycles. The Morgan fingerprint density at radius 2 is 1.63 bits per heavy atom. The number of benzene rings is 2. The van der Waals surface area contributed by atoms with E-state index in [4.69, 9.17) is 14.5 Å². The molecule has 0 radical (unpaired) electrons. The maximum Gasteiger partial charge on any atom is 0.162 e. The number of nitrogens with zero attached hydrogens (tertiary/aromatic N) is 4. The van der Waals surface area contributed by atoms with Crippen LogP contribution < -0.4 is 14.4 Å². The van der Waals surface area contributed by atoms with Crippen molar-refractivity contribution < 1.29 is 9.47 Å². The van der Waals surface area contributed by atoms with E-state index in [1.807, 2.05) is 13.0 Å². The third-order valence-electron chi connectivity index (χ3n) is 4.76. The molecule has 0 saturated carbocycles. The lowest BCUT2D eigenvalue weighted by Crippen LogP contribution is -2.48. The Balaban J connectivity index is 1.76. The van der Waals surface area contributed by atoms with Gasteiger partial charge in [0.25, 0.3) is 0 Å². The zero-order valence-electron chi connectivity index (χ0n) is 16.0. The summed E-state index contributed by atoms with van der Waals surface area (Å²) in [4.78, 5) is 9.32. The van der Waals surface area contributed by atoms with Crippen LogP contribution in [0.2, 0.25) is 0 Å². The van der Waals surface area contributed by atoms with Crippen molar-refractivity contribution in [1.29, 1.82) is 5.26 Å². The van der Waals surface area contributed by atoms with E-state index in [0.29, 0.717) is 22.7 Å². The fourth-order valence-electron chi connectivity index (χ4n) is 3.22. The molecule has 2 aromatic rings. The Bertz CT molecular complexity index is 850. The van der Waals surface area contributed by atoms with Crippen LogP contribution in [0.25, 0.3) is 0 Å². The molecular formula is C21H24N4O2. The smallest absolute Gasteiger partial charge is 0.162 e. The molecule has 0 N–H and O–H groups in total. The molecule has 0 spiro atoms. The third kappa shape index (κ3) is 4.14. The van der Waals surface area contributed by atoms with Gasteiger partial charge in [0, 0.05) is 44.0 Å². The van der Waals surface area contributed by atoms with Crippen LogP contribution in [0.4, 0.5) is 11.4 Å². The SMILES string of the molecule is COc1cc(C#N)c(N=C(C)N2CCN(c3ccccc3)CC2)cc1OC. The summed E-state index contributed by atoms with van der Waals surface area (Å²) in [7, 11) is 3.13. The molecule has 27 heavy (non-hydrogen) atoms. The zero-order chi connectivity index (χ0) is 19.2. The zero-order valence-corrected chi connectivity index (χ0v) is 16.0. The second-order valence-electron chi connectivity index (χ2n) is 6.30. The van der Waals surface area contributed by atoms with E-state index in [-0.39, 0.29) is 0 Å². The largest absolute Gasteiger partial charge is 0.493 e. The van der Waals surface area contributed by atoms with Gasteiger partial charge in [-0.2, -0.15) is 5.26 Å². The van der Waals surface area contributed by atoms with Crippen LogP contribution in [0.5, 0.6) is 11.5 Å². The van der Waals surface area contributed by atoms with Crippen LogP contribution in [-0.2, 0) is 0 Å². The van der Waals surface area contributed by atoms with E-state index in [9.17, 15) is 5.26 Å². The van der Waals surface area contributed by atoms with Crippen molar-refractivity contribution in [2.75, 3.05) is 45.3 Å². The molecule has 1 aliphatic heterocycles. The Kier molecular flexibility index (Phi) is 5.82. The first-order valence-corrected chi connectivity index (χ1v) is 8.92. The summed E-state index contributed by atoms with van der Waals surface area (Å²) in [5.74, 6) is 1.99. The fourth-order valence-corrected chi connectivity index (χ4v) is 3.22. The van der Waals surface area contributed by atoms with Gasteiger partial charge >= 0.3 is 0 Å². The summed E-state index contributed by atoms with van der Waals surface area (Å²) in [6.07, 6.45) is 0. The van der Waals surface area contributed by atoms with Gasteiger partial charge in [-0.25, -0.2) is 4.99 Å². The average Bonchev–Trinajstić information content (AvgIpc) is 2.74. The van der Waals surface area contributed by atoms with E-state index >= 15 is 0 Å². The van der Waals surface area contributed by atoms with Crippen LogP contribution in [0.1, 0.15) is 12.5 Å². The Hall–Kier alpha value is -3.20. The molecule has 1 heterocycles. The monoisotopic (exact) mass is 364 g/mol. The average molecular weight is 364 g/mol. The van der Waals surface area contributed by atoms with Gasteiger partial charge in [0.15, 0.2) is 11.5 Å². The number of aliphatic imine (C=N–C) groups is 1. The normalized spacial score (nSPS) is 14.7. The Labute approximate surface area is 160 Å². The third-order valence-corrected chi connectivity index (χ3v) is 4.76. The van der Waals surface area contributed by atoms with E-state index in [2.05, 4.69) is 40.1 Å². The van der Waals surface area contributed by atoms with Crippen molar-refractivity contribution in [3.05, 3.63) is 48.0 Å². The first kappa shape index (κ1) is 18.6. The summed E-state index contributed by atoms with van der Waals surface area (Å²) in [6.45, 7) is 5.64. The molecule has 0 bridgehead atoms. The summed E-state index contributed by atoms with van der Waals surface area (Å²) < 4.78 is 10.6. The van der Waals surface area contributed by atoms with Gasteiger partial charge in [-0.3, -0.25) is 0 Å². The Morgan fingerprint density at radius 1 is 1.00 bits per heavy atom. The van der Waals surface area contributed by atoms with Gasteiger partial charge in [0.1, 0.15) is 11.9 Å². The molecule has 1 aliphatic rings. The molecule has 1 saturated heterocycles. The minimum atomic E-state index is 0.468. The van der Waals surface area contributed by atoms with Gasteiger partial charge in [0.2, 0.25) is 0 Å². The highest BCUT2D eigenvalue weighted by Gasteiger charge is 2.19. The molecule has 0 atom stereocenters. The van der Waals surface area contributed by atoms with E-state index in [0.717, 1.165) is 32.0 Å². The second-order valence-corrected chi connectivity index (χ2v) is 6.30. The molecular weight excluding hydrogens is 340 g/mol. The summed E-state index contributed by atoms with van der Waals surface area (Å²) in [6, 6.07) is 16.0. The number of methoxy groups -OCH3 is 2. The number of nitriles is 1. The van der Waals surface area contributed by atoms with Crippen molar-refractivity contribution in [3.63, 3.8) is 0 Å². The number of anilines is 1. The lowest BCUT2D eigenvalue weighted by Gasteiger charge is -2.37. The predicted octanol–water partition coefficient (Wildman–Crippen LogP) is 3.45. The van der Waals surface area contributed by atoms with Gasteiger partial charge < -0.3 is 19.3 Å². The first-order chi connectivity index (χ1) is 13.2. The molecule has 6 nitrogen and oxygen atoms in total. The van der Waals surface area contributed by atoms with Crippen LogP contribution in [-0.4, -0.2) is 51.1 Å². The minimum absolute atomic E-state index is 0.468. The van der Waals surface area contributed by atoms with Crippen molar-refractivity contribution in [1.82, 2.24) is 4.90 Å². The number of hydrogen-bond acceptors (Lipinski definition) is 5. The van der Waals surface area contributed by atoms with Crippen LogP contribution in [0.15, 0.2) is 47.5 Å². The highest BCUT2D eigenvalue weighted by Crippen LogP contribution is 2.34. The predicted molar refractivity (Wildman–Crippen MR) is 107 cm³/mol. The van der Waals surface area contributed by atoms with Gasteiger partial charge in [-0.1, -0.05) is 18.2 Å². The summed E-state index contributed by atoms with van der Waals surface area (Å²) >= 11 is 0. The maximum absolute atomic E-state index is 9.45. The molecule has 0 amide bonds. The first-order valence-electron chi connectivity index (χ1n) is 8.92. The minimum Gasteiger partial charge on any atom is -0.493 e. The molecule has 140 valence electrons. The van der Waals surface area contributed by atoms with Crippen molar-refractivity contribution in [3.8, 4) is 17.6 Å². The number of hydrogen-bond donors (Lipinski definition) is 0. The van der Waals surface area contributed by atoms with Crippen LogP contribution in [0, 0.1) is 11.3 Å². The highest BCUT2D eigenvalue weighted by molar-refractivity contribution is 5.84. The number of rotatable bonds is 4. The number of para-hydroxylation sites is 1. The van der Waals surface area contributed by atoms with Crippen LogP contribution in [0.3, 0.4) is 0 Å². The van der Waals surface area contributed by atoms with Crippen molar-refractivity contribution in [2.24, 2.45) is 4.99 Å². The molecule has 6 heteroatoms. The van der Waals surface area contributed by atoms with Crippen LogP contribution >= 0.6 is 0 Å². The molecule has 0 unspecified atom stereocenters. The fraction of sp³-hybridized carbons (Fsp3) is 0.333. The van der Waals surface area contributed by atoms with Crippen molar-refractivity contribution in [2.45, 2.75) is 6.92 Å². The second kappa shape index (κ2) is 8.45. The molecule has 0 aliphatic carbocycles. The standard InChI is InChI=1S/C21H24N4O2/c1-16(23-19-14-21(27-3)20(26-2)13-17(19)15-22)24-9-11-25(12-10-24)18-7-5-4-6-8-18/h4-8,13-14H,9-12H2,1-3H3. The molecule has 1 fully saturated rings. The quantitative estimate of drug-likeness (QED) is 0.614. The van der Waals surface area contributed by atoms with Crippen molar-refractivity contribution >= 4 is 17.2 Å². The van der Waals surface area contributed by atoms with Gasteiger partial charge in [0.05, 0.1) is 25.5 Å².